The molecule has 0 saturated heterocycles. The van der Waals surface area contributed by atoms with E-state index in [1.807, 2.05) is 25.1 Å². The van der Waals surface area contributed by atoms with E-state index in [4.69, 9.17) is 0 Å². The molecule has 0 fully saturated rings. The predicted molar refractivity (Wildman–Crippen MR) is 81.4 cm³/mol. The number of hydrogen-bond acceptors (Lipinski definition) is 3. The van der Waals surface area contributed by atoms with Crippen molar-refractivity contribution in [2.24, 2.45) is 10.9 Å². The van der Waals surface area contributed by atoms with Gasteiger partial charge in [0.25, 0.3) is 5.91 Å². The molecule has 0 spiro atoms. The van der Waals surface area contributed by atoms with E-state index in [0.29, 0.717) is 0 Å². The zero-order valence-corrected chi connectivity index (χ0v) is 12.5. The Hall–Kier alpha value is -1.29. The molecule has 0 unspecified atom stereocenters. The van der Waals surface area contributed by atoms with Gasteiger partial charge in [-0.15, -0.1) is 0 Å². The molecule has 1 aromatic carbocycles. The van der Waals surface area contributed by atoms with Gasteiger partial charge in [0.05, 0.1) is 0 Å². The maximum Gasteiger partial charge on any atom is 0.264 e. The number of carbonyl (C=O) groups is 1. The number of nitrogens with zero attached hydrogens (tertiary/aromatic N) is 1. The van der Waals surface area contributed by atoms with Gasteiger partial charge in [-0.05, 0) is 24.8 Å². The zero-order chi connectivity index (χ0) is 13.9. The van der Waals surface area contributed by atoms with Crippen molar-refractivity contribution < 1.29 is 4.79 Å². The van der Waals surface area contributed by atoms with E-state index < -0.39 is 4.75 Å². The van der Waals surface area contributed by atoms with E-state index in [2.05, 4.69) is 36.3 Å². The number of rotatable bonds is 4. The highest BCUT2D eigenvalue weighted by molar-refractivity contribution is 8.16. The number of benzene rings is 1. The van der Waals surface area contributed by atoms with Crippen molar-refractivity contribution in [2.75, 3.05) is 6.54 Å². The van der Waals surface area contributed by atoms with Crippen molar-refractivity contribution in [3.63, 3.8) is 0 Å². The summed E-state index contributed by atoms with van der Waals surface area (Å²) in [5.74, 6) is 0.261. The molecule has 1 aliphatic heterocycles. The maximum absolute atomic E-state index is 11.9. The molecule has 0 aromatic heterocycles. The molecular weight excluding hydrogens is 256 g/mol. The summed E-state index contributed by atoms with van der Waals surface area (Å²) in [6, 6.07) is 10.3. The first kappa shape index (κ1) is 14.1. The molecule has 102 valence electrons. The predicted octanol–water partition coefficient (Wildman–Crippen LogP) is 2.86. The summed E-state index contributed by atoms with van der Waals surface area (Å²) in [4.78, 5) is 16.1. The molecule has 1 aliphatic rings. The van der Waals surface area contributed by atoms with Gasteiger partial charge in [0.1, 0.15) is 4.75 Å². The zero-order valence-electron chi connectivity index (χ0n) is 11.6. The van der Waals surface area contributed by atoms with Crippen LogP contribution in [0.5, 0.6) is 0 Å². The van der Waals surface area contributed by atoms with Crippen LogP contribution in [0.4, 0.5) is 0 Å². The van der Waals surface area contributed by atoms with Gasteiger partial charge in [0.2, 0.25) is 0 Å². The summed E-state index contributed by atoms with van der Waals surface area (Å²) < 4.78 is -0.408. The van der Waals surface area contributed by atoms with Gasteiger partial charge in [-0.2, -0.15) is 4.99 Å². The molecule has 0 saturated carbocycles. The van der Waals surface area contributed by atoms with Gasteiger partial charge in [-0.3, -0.25) is 4.79 Å². The topological polar surface area (TPSA) is 41.5 Å². The van der Waals surface area contributed by atoms with Crippen LogP contribution in [0.15, 0.2) is 35.3 Å². The first-order chi connectivity index (χ1) is 9.02. The average molecular weight is 276 g/mol. The number of hydrogen-bond donors (Lipinski definition) is 1. The van der Waals surface area contributed by atoms with Crippen molar-refractivity contribution in [1.82, 2.24) is 5.32 Å². The fourth-order valence-corrected chi connectivity index (χ4v) is 2.94. The van der Waals surface area contributed by atoms with Crippen molar-refractivity contribution >= 4 is 22.8 Å². The molecule has 1 aromatic rings. The van der Waals surface area contributed by atoms with E-state index in [0.717, 1.165) is 18.1 Å². The molecule has 1 N–H and O–H groups in total. The molecule has 0 aliphatic carbocycles. The van der Waals surface area contributed by atoms with Gasteiger partial charge in [-0.1, -0.05) is 55.9 Å². The molecule has 4 heteroatoms. The summed E-state index contributed by atoms with van der Waals surface area (Å²) in [5.41, 5.74) is 1.29. The van der Waals surface area contributed by atoms with Crippen LogP contribution >= 0.6 is 11.8 Å². The van der Waals surface area contributed by atoms with E-state index >= 15 is 0 Å². The highest BCUT2D eigenvalue weighted by Crippen LogP contribution is 2.39. The van der Waals surface area contributed by atoms with Crippen LogP contribution in [0.3, 0.4) is 0 Å². The Morgan fingerprint density at radius 2 is 2.00 bits per heavy atom. The fraction of sp³-hybridized carbons (Fsp3) is 0.467. The lowest BCUT2D eigenvalue weighted by Crippen LogP contribution is -2.34. The second-order valence-corrected chi connectivity index (χ2v) is 6.69. The SMILES string of the molecule is CC(C)[C@]1(C)SC(NCCc2ccccc2)=NC1=O. The van der Waals surface area contributed by atoms with Crippen LogP contribution < -0.4 is 5.32 Å². The fourth-order valence-electron chi connectivity index (χ4n) is 1.87. The van der Waals surface area contributed by atoms with E-state index in [1.54, 1.807) is 11.8 Å². The summed E-state index contributed by atoms with van der Waals surface area (Å²) in [6.45, 7) is 6.90. The van der Waals surface area contributed by atoms with Gasteiger partial charge >= 0.3 is 0 Å². The first-order valence-corrected chi connectivity index (χ1v) is 7.44. The summed E-state index contributed by atoms with van der Waals surface area (Å²) >= 11 is 1.55. The Kier molecular flexibility index (Phi) is 4.30. The monoisotopic (exact) mass is 276 g/mol. The number of aliphatic imine (C=N–C) groups is 1. The quantitative estimate of drug-likeness (QED) is 0.919. The number of nitrogens with one attached hydrogen (secondary N) is 1. The number of thioether (sulfide) groups is 1. The Labute approximate surface area is 118 Å². The molecule has 1 heterocycles. The minimum atomic E-state index is -0.408. The Morgan fingerprint density at radius 1 is 1.32 bits per heavy atom. The lowest BCUT2D eigenvalue weighted by Gasteiger charge is -2.24. The first-order valence-electron chi connectivity index (χ1n) is 6.62. The van der Waals surface area contributed by atoms with Crippen molar-refractivity contribution in [3.8, 4) is 0 Å². The van der Waals surface area contributed by atoms with Crippen LogP contribution in [0.25, 0.3) is 0 Å². The maximum atomic E-state index is 11.9. The van der Waals surface area contributed by atoms with Crippen LogP contribution in [0.1, 0.15) is 26.3 Å². The van der Waals surface area contributed by atoms with Gasteiger partial charge in [0, 0.05) is 6.54 Å². The highest BCUT2D eigenvalue weighted by Gasteiger charge is 2.43. The number of amidine groups is 1. The normalized spacial score (nSPS) is 22.7. The Balaban J connectivity index is 1.86. The summed E-state index contributed by atoms with van der Waals surface area (Å²) in [7, 11) is 0. The number of amides is 1. The van der Waals surface area contributed by atoms with Crippen LogP contribution in [0.2, 0.25) is 0 Å². The minimum absolute atomic E-state index is 0.0188. The molecule has 0 bridgehead atoms. The Morgan fingerprint density at radius 3 is 2.58 bits per heavy atom. The van der Waals surface area contributed by atoms with E-state index in [9.17, 15) is 4.79 Å². The summed E-state index contributed by atoms with van der Waals surface area (Å²) in [5, 5.41) is 4.02. The molecule has 1 atom stereocenters. The highest BCUT2D eigenvalue weighted by atomic mass is 32.2. The molecule has 0 radical (unpaired) electrons. The largest absolute Gasteiger partial charge is 0.364 e. The second kappa shape index (κ2) is 5.78. The lowest BCUT2D eigenvalue weighted by atomic mass is 9.96. The molecule has 3 nitrogen and oxygen atoms in total. The molecule has 1 amide bonds. The second-order valence-electron chi connectivity index (χ2n) is 5.25. The third kappa shape index (κ3) is 3.18. The number of carbonyl (C=O) groups excluding carboxylic acids is 1. The lowest BCUT2D eigenvalue weighted by molar-refractivity contribution is -0.120. The van der Waals surface area contributed by atoms with Crippen molar-refractivity contribution in [1.29, 1.82) is 0 Å². The van der Waals surface area contributed by atoms with Gasteiger partial charge in [0.15, 0.2) is 5.17 Å². The molecule has 19 heavy (non-hydrogen) atoms. The third-order valence-electron chi connectivity index (χ3n) is 3.57. The third-order valence-corrected chi connectivity index (χ3v) is 5.07. The smallest absolute Gasteiger partial charge is 0.264 e. The van der Waals surface area contributed by atoms with E-state index in [-0.39, 0.29) is 11.8 Å². The van der Waals surface area contributed by atoms with Crippen LogP contribution in [0, 0.1) is 5.92 Å². The average Bonchev–Trinajstić information content (AvgIpc) is 2.67. The standard InChI is InChI=1S/C15H20N2OS/c1-11(2)15(3)13(18)17-14(19-15)16-10-9-12-7-5-4-6-8-12/h4-8,11H,9-10H2,1-3H3,(H,16,17,18)/t15-/m0/s1. The van der Waals surface area contributed by atoms with Crippen molar-refractivity contribution in [3.05, 3.63) is 35.9 Å². The summed E-state index contributed by atoms with van der Waals surface area (Å²) in [6.07, 6.45) is 0.938. The van der Waals surface area contributed by atoms with Gasteiger partial charge < -0.3 is 5.32 Å². The van der Waals surface area contributed by atoms with Gasteiger partial charge in [-0.25, -0.2) is 0 Å². The van der Waals surface area contributed by atoms with Crippen LogP contribution in [-0.2, 0) is 11.2 Å². The van der Waals surface area contributed by atoms with Crippen molar-refractivity contribution in [2.45, 2.75) is 31.9 Å². The van der Waals surface area contributed by atoms with Crippen LogP contribution in [-0.4, -0.2) is 22.4 Å². The van der Waals surface area contributed by atoms with E-state index in [1.165, 1.54) is 5.56 Å². The molecular formula is C15H20N2OS. The molecule has 2 rings (SSSR count). The minimum Gasteiger partial charge on any atom is -0.364 e. The Bertz CT molecular complexity index is 484.